The summed E-state index contributed by atoms with van der Waals surface area (Å²) in [5.41, 5.74) is 1.51. The number of pyridine rings is 1. The van der Waals surface area contributed by atoms with Crippen LogP contribution < -0.4 is 5.56 Å². The van der Waals surface area contributed by atoms with Crippen LogP contribution in [-0.2, 0) is 24.8 Å². The predicted octanol–water partition coefficient (Wildman–Crippen LogP) is 3.68. The third-order valence-corrected chi connectivity index (χ3v) is 5.19. The average Bonchev–Trinajstić information content (AvgIpc) is 3.07. The maximum atomic E-state index is 14.2. The van der Waals surface area contributed by atoms with Crippen LogP contribution in [0, 0.1) is 18.6 Å². The highest BCUT2D eigenvalue weighted by Crippen LogP contribution is 2.23. The molecule has 0 spiro atoms. The molecule has 7 heteroatoms. The summed E-state index contributed by atoms with van der Waals surface area (Å²) in [6.07, 6.45) is 1.45. The number of carbonyl (C=O) groups is 1. The highest BCUT2D eigenvalue weighted by molar-refractivity contribution is 6.03. The summed E-state index contributed by atoms with van der Waals surface area (Å²) >= 11 is 0. The van der Waals surface area contributed by atoms with Crippen molar-refractivity contribution in [3.63, 3.8) is 0 Å². The van der Waals surface area contributed by atoms with Crippen LogP contribution in [0.25, 0.3) is 21.8 Å². The summed E-state index contributed by atoms with van der Waals surface area (Å²) in [6.45, 7) is 1.72. The topological polar surface area (TPSA) is 56.9 Å². The molecule has 0 aliphatic heterocycles. The molecular formula is C22H19F2N3O2. The van der Waals surface area contributed by atoms with Crippen molar-refractivity contribution in [2.45, 2.75) is 26.3 Å². The smallest absolute Gasteiger partial charge is 0.262 e. The van der Waals surface area contributed by atoms with Gasteiger partial charge < -0.3 is 4.57 Å². The Kier molecular flexibility index (Phi) is 4.74. The number of hydrogen-bond acceptors (Lipinski definition) is 3. The molecule has 0 radical (unpaired) electrons. The Labute approximate surface area is 165 Å². The molecule has 2 heterocycles. The lowest BCUT2D eigenvalue weighted by Gasteiger charge is -2.12. The van der Waals surface area contributed by atoms with Gasteiger partial charge in [-0.25, -0.2) is 8.78 Å². The minimum atomic E-state index is -0.472. The second kappa shape index (κ2) is 7.24. The molecule has 0 aliphatic carbocycles. The predicted molar refractivity (Wildman–Crippen MR) is 107 cm³/mol. The minimum absolute atomic E-state index is 0.0324. The van der Waals surface area contributed by atoms with Gasteiger partial charge in [-0.1, -0.05) is 18.2 Å². The van der Waals surface area contributed by atoms with Crippen molar-refractivity contribution in [1.29, 1.82) is 0 Å². The molecule has 0 N–H and O–H groups in total. The molecule has 0 saturated carbocycles. The van der Waals surface area contributed by atoms with E-state index in [0.717, 1.165) is 0 Å². The highest BCUT2D eigenvalue weighted by atomic mass is 19.1. The number of halogens is 2. The average molecular weight is 395 g/mol. The largest absolute Gasteiger partial charge is 0.307 e. The van der Waals surface area contributed by atoms with Crippen LogP contribution in [0.1, 0.15) is 17.5 Å². The van der Waals surface area contributed by atoms with Gasteiger partial charge >= 0.3 is 0 Å². The Bertz CT molecular complexity index is 1320. The fraction of sp³-hybridized carbons (Fsp3) is 0.227. The number of Topliss-reactive ketones (excluding diaryl/α,β-unsaturated/α-hetero) is 1. The lowest BCUT2D eigenvalue weighted by Crippen LogP contribution is -2.23. The number of carbonyl (C=O) groups excluding carboxylic acids is 1. The molecule has 0 bridgehead atoms. The molecule has 4 rings (SSSR count). The number of aromatic nitrogens is 3. The van der Waals surface area contributed by atoms with E-state index in [9.17, 15) is 18.4 Å². The van der Waals surface area contributed by atoms with Crippen molar-refractivity contribution < 1.29 is 13.6 Å². The van der Waals surface area contributed by atoms with Gasteiger partial charge in [0.2, 0.25) is 0 Å². The fourth-order valence-corrected chi connectivity index (χ4v) is 3.70. The second-order valence-corrected chi connectivity index (χ2v) is 7.16. The first-order valence-corrected chi connectivity index (χ1v) is 9.26. The number of rotatable bonds is 5. The van der Waals surface area contributed by atoms with Gasteiger partial charge in [0.1, 0.15) is 17.4 Å². The third kappa shape index (κ3) is 3.33. The van der Waals surface area contributed by atoms with E-state index in [1.54, 1.807) is 42.9 Å². The second-order valence-electron chi connectivity index (χ2n) is 7.16. The van der Waals surface area contributed by atoms with Crippen LogP contribution >= 0.6 is 0 Å². The first-order chi connectivity index (χ1) is 13.9. The van der Waals surface area contributed by atoms with Gasteiger partial charge in [0, 0.05) is 31.8 Å². The third-order valence-electron chi connectivity index (χ3n) is 5.19. The van der Waals surface area contributed by atoms with Crippen molar-refractivity contribution in [2.75, 3.05) is 0 Å². The van der Waals surface area contributed by atoms with E-state index >= 15 is 0 Å². The van der Waals surface area contributed by atoms with Crippen molar-refractivity contribution in [1.82, 2.24) is 14.3 Å². The molecule has 0 amide bonds. The van der Waals surface area contributed by atoms with Gasteiger partial charge in [0.05, 0.1) is 22.6 Å². The normalized spacial score (nSPS) is 11.4. The lowest BCUT2D eigenvalue weighted by molar-refractivity contribution is -0.118. The van der Waals surface area contributed by atoms with Crippen LogP contribution in [0.15, 0.2) is 47.4 Å². The van der Waals surface area contributed by atoms with E-state index in [4.69, 9.17) is 0 Å². The summed E-state index contributed by atoms with van der Waals surface area (Å²) < 4.78 is 31.0. The molecule has 4 aromatic rings. The summed E-state index contributed by atoms with van der Waals surface area (Å²) in [4.78, 5) is 25.4. The van der Waals surface area contributed by atoms with Gasteiger partial charge in [-0.3, -0.25) is 14.3 Å². The zero-order valence-electron chi connectivity index (χ0n) is 16.1. The van der Waals surface area contributed by atoms with Crippen molar-refractivity contribution in [2.24, 2.45) is 7.05 Å². The SMILES string of the molecule is Cc1cccc(CC(=O)CCn2c(=O)c3cnn(C)c3c3ccc(F)cc32)c1F. The number of benzene rings is 2. The van der Waals surface area contributed by atoms with E-state index < -0.39 is 5.82 Å². The quantitative estimate of drug-likeness (QED) is 0.518. The van der Waals surface area contributed by atoms with Crippen LogP contribution in [-0.4, -0.2) is 20.1 Å². The molecule has 0 unspecified atom stereocenters. The molecule has 0 aliphatic rings. The van der Waals surface area contributed by atoms with Gasteiger partial charge in [-0.15, -0.1) is 0 Å². The van der Waals surface area contributed by atoms with Crippen molar-refractivity contribution in [3.8, 4) is 0 Å². The van der Waals surface area contributed by atoms with Gasteiger partial charge in [0.15, 0.2) is 0 Å². The Balaban J connectivity index is 1.69. The maximum absolute atomic E-state index is 14.2. The summed E-state index contributed by atoms with van der Waals surface area (Å²) in [5.74, 6) is -1.06. The lowest BCUT2D eigenvalue weighted by atomic mass is 10.0. The molecule has 0 atom stereocenters. The molecular weight excluding hydrogens is 376 g/mol. The van der Waals surface area contributed by atoms with Crippen LogP contribution in [0.3, 0.4) is 0 Å². The molecule has 0 saturated heterocycles. The van der Waals surface area contributed by atoms with Crippen LogP contribution in [0.2, 0.25) is 0 Å². The first-order valence-electron chi connectivity index (χ1n) is 9.26. The summed E-state index contributed by atoms with van der Waals surface area (Å²) in [5, 5.41) is 5.23. The Hall–Kier alpha value is -3.35. The maximum Gasteiger partial charge on any atom is 0.262 e. The van der Waals surface area contributed by atoms with Gasteiger partial charge in [-0.05, 0) is 36.2 Å². The molecule has 2 aromatic carbocycles. The zero-order chi connectivity index (χ0) is 20.7. The van der Waals surface area contributed by atoms with Crippen molar-refractivity contribution >= 4 is 27.6 Å². The van der Waals surface area contributed by atoms with Crippen LogP contribution in [0.5, 0.6) is 0 Å². The van der Waals surface area contributed by atoms with Crippen LogP contribution in [0.4, 0.5) is 8.78 Å². The van der Waals surface area contributed by atoms with E-state index in [1.807, 2.05) is 0 Å². The number of nitrogens with zero attached hydrogens (tertiary/aromatic N) is 3. The van der Waals surface area contributed by atoms with E-state index in [0.29, 0.717) is 32.9 Å². The fourth-order valence-electron chi connectivity index (χ4n) is 3.70. The zero-order valence-corrected chi connectivity index (χ0v) is 16.1. The molecule has 148 valence electrons. The van der Waals surface area contributed by atoms with Crippen molar-refractivity contribution in [3.05, 3.63) is 75.7 Å². The summed E-state index contributed by atoms with van der Waals surface area (Å²) in [6, 6.07) is 9.15. The molecule has 0 fully saturated rings. The number of ketones is 1. The molecule has 29 heavy (non-hydrogen) atoms. The first kappa shape index (κ1) is 19.0. The number of hydrogen-bond donors (Lipinski definition) is 0. The summed E-state index contributed by atoms with van der Waals surface area (Å²) in [7, 11) is 1.72. The monoisotopic (exact) mass is 395 g/mol. The number of fused-ring (bicyclic) bond motifs is 3. The Morgan fingerprint density at radius 3 is 2.72 bits per heavy atom. The molecule has 5 nitrogen and oxygen atoms in total. The van der Waals surface area contributed by atoms with E-state index in [2.05, 4.69) is 5.10 Å². The Morgan fingerprint density at radius 2 is 1.93 bits per heavy atom. The highest BCUT2D eigenvalue weighted by Gasteiger charge is 2.16. The van der Waals surface area contributed by atoms with E-state index in [1.165, 1.54) is 22.9 Å². The minimum Gasteiger partial charge on any atom is -0.307 e. The van der Waals surface area contributed by atoms with Gasteiger partial charge in [0.25, 0.3) is 5.56 Å². The Morgan fingerprint density at radius 1 is 1.14 bits per heavy atom. The standard InChI is InChI=1S/C22H19F2N3O2/c1-13-4-3-5-14(20(13)24)10-16(28)8-9-27-19-11-15(23)6-7-17(19)21-18(22(27)29)12-25-26(21)2/h3-7,11-12H,8-10H2,1-2H3. The molecule has 2 aromatic heterocycles. The number of aryl methyl sites for hydroxylation is 3. The van der Waals surface area contributed by atoms with E-state index in [-0.39, 0.29) is 36.5 Å². The van der Waals surface area contributed by atoms with Gasteiger partial charge in [-0.2, -0.15) is 5.10 Å².